The van der Waals surface area contributed by atoms with E-state index in [1.54, 1.807) is 24.3 Å². The molecule has 118 valence electrons. The molecule has 0 unspecified atom stereocenters. The lowest BCUT2D eigenvalue weighted by atomic mass is 9.95. The maximum absolute atomic E-state index is 12.5. The van der Waals surface area contributed by atoms with E-state index >= 15 is 0 Å². The van der Waals surface area contributed by atoms with E-state index in [4.69, 9.17) is 15.2 Å². The first-order valence-electron chi connectivity index (χ1n) is 7.57. The summed E-state index contributed by atoms with van der Waals surface area (Å²) in [4.78, 5) is 25.5. The van der Waals surface area contributed by atoms with Gasteiger partial charge in [-0.05, 0) is 31.0 Å². The van der Waals surface area contributed by atoms with Crippen molar-refractivity contribution in [2.24, 2.45) is 11.7 Å². The number of rotatable bonds is 3. The van der Waals surface area contributed by atoms with Crippen molar-refractivity contribution in [1.82, 2.24) is 4.90 Å². The van der Waals surface area contributed by atoms with Gasteiger partial charge in [0.15, 0.2) is 6.29 Å². The van der Waals surface area contributed by atoms with Gasteiger partial charge in [0, 0.05) is 30.1 Å². The van der Waals surface area contributed by atoms with Crippen LogP contribution in [0.3, 0.4) is 0 Å². The molecule has 2 saturated heterocycles. The van der Waals surface area contributed by atoms with Crippen molar-refractivity contribution >= 4 is 11.8 Å². The van der Waals surface area contributed by atoms with Gasteiger partial charge in [0.25, 0.3) is 5.91 Å². The molecular formula is C16H20N2O4. The van der Waals surface area contributed by atoms with Crippen LogP contribution in [0.2, 0.25) is 0 Å². The topological polar surface area (TPSA) is 81.9 Å². The van der Waals surface area contributed by atoms with Crippen LogP contribution in [0.1, 0.15) is 33.6 Å². The Morgan fingerprint density at radius 2 is 1.73 bits per heavy atom. The molecule has 2 N–H and O–H groups in total. The average Bonchev–Trinajstić information content (AvgIpc) is 3.09. The van der Waals surface area contributed by atoms with Gasteiger partial charge in [-0.15, -0.1) is 0 Å². The number of primary amides is 1. The summed E-state index contributed by atoms with van der Waals surface area (Å²) in [6.07, 6.45) is 1.62. The molecule has 22 heavy (non-hydrogen) atoms. The molecule has 2 aliphatic rings. The van der Waals surface area contributed by atoms with Crippen LogP contribution < -0.4 is 5.73 Å². The molecule has 0 radical (unpaired) electrons. The summed E-state index contributed by atoms with van der Waals surface area (Å²) in [7, 11) is 0. The van der Waals surface area contributed by atoms with Gasteiger partial charge in [-0.2, -0.15) is 0 Å². The molecule has 3 rings (SSSR count). The van der Waals surface area contributed by atoms with E-state index < -0.39 is 5.91 Å². The number of piperidine rings is 1. The number of carbonyl (C=O) groups excluding carboxylic acids is 2. The Bertz CT molecular complexity index is 561. The van der Waals surface area contributed by atoms with Gasteiger partial charge in [-0.1, -0.05) is 6.07 Å². The van der Waals surface area contributed by atoms with E-state index in [2.05, 4.69) is 0 Å². The average molecular weight is 304 g/mol. The van der Waals surface area contributed by atoms with Gasteiger partial charge in [0.1, 0.15) is 0 Å². The van der Waals surface area contributed by atoms with Gasteiger partial charge in [0.2, 0.25) is 5.91 Å². The van der Waals surface area contributed by atoms with Crippen LogP contribution in [0.25, 0.3) is 0 Å². The first-order chi connectivity index (χ1) is 10.6. The van der Waals surface area contributed by atoms with Crippen molar-refractivity contribution < 1.29 is 19.1 Å². The number of nitrogens with zero attached hydrogens (tertiary/aromatic N) is 1. The highest BCUT2D eigenvalue weighted by Crippen LogP contribution is 2.26. The minimum Gasteiger partial charge on any atom is -0.366 e. The number of carbonyl (C=O) groups is 2. The van der Waals surface area contributed by atoms with E-state index in [9.17, 15) is 9.59 Å². The standard InChI is InChI=1S/C16H20N2O4/c17-14(19)12-2-1-3-13(10-12)15(20)18-6-4-11(5-7-18)16-21-8-9-22-16/h1-3,10-11,16H,4-9H2,(H2,17,19). The number of nitrogens with two attached hydrogens (primary N) is 1. The molecule has 0 atom stereocenters. The number of ether oxygens (including phenoxy) is 2. The van der Waals surface area contributed by atoms with E-state index in [1.807, 2.05) is 4.90 Å². The summed E-state index contributed by atoms with van der Waals surface area (Å²) in [6, 6.07) is 6.56. The van der Waals surface area contributed by atoms with Gasteiger partial charge in [-0.3, -0.25) is 9.59 Å². The minimum absolute atomic E-state index is 0.0604. The van der Waals surface area contributed by atoms with Crippen LogP contribution in [-0.4, -0.2) is 49.3 Å². The quantitative estimate of drug-likeness (QED) is 0.903. The zero-order chi connectivity index (χ0) is 15.5. The predicted molar refractivity (Wildman–Crippen MR) is 79.3 cm³/mol. The van der Waals surface area contributed by atoms with Crippen LogP contribution in [0.15, 0.2) is 24.3 Å². The zero-order valence-corrected chi connectivity index (χ0v) is 12.4. The molecular weight excluding hydrogens is 284 g/mol. The molecule has 2 fully saturated rings. The van der Waals surface area contributed by atoms with Crippen molar-refractivity contribution in [3.8, 4) is 0 Å². The fourth-order valence-electron chi connectivity index (χ4n) is 3.01. The molecule has 2 amide bonds. The predicted octanol–water partition coefficient (Wildman–Crippen LogP) is 1.01. The monoisotopic (exact) mass is 304 g/mol. The highest BCUT2D eigenvalue weighted by molar-refractivity contribution is 5.99. The lowest BCUT2D eigenvalue weighted by Crippen LogP contribution is -2.41. The molecule has 2 heterocycles. The molecule has 0 bridgehead atoms. The number of amides is 2. The number of likely N-dealkylation sites (tertiary alicyclic amines) is 1. The number of hydrogen-bond acceptors (Lipinski definition) is 4. The molecule has 0 saturated carbocycles. The van der Waals surface area contributed by atoms with Crippen LogP contribution in [0.4, 0.5) is 0 Å². The molecule has 0 aromatic heterocycles. The van der Waals surface area contributed by atoms with Gasteiger partial charge in [-0.25, -0.2) is 0 Å². The molecule has 2 aliphatic heterocycles. The van der Waals surface area contributed by atoms with Gasteiger partial charge >= 0.3 is 0 Å². The van der Waals surface area contributed by atoms with E-state index in [-0.39, 0.29) is 12.2 Å². The Hall–Kier alpha value is -1.92. The lowest BCUT2D eigenvalue weighted by Gasteiger charge is -2.33. The summed E-state index contributed by atoms with van der Waals surface area (Å²) in [5, 5.41) is 0. The highest BCUT2D eigenvalue weighted by atomic mass is 16.7. The fourth-order valence-corrected chi connectivity index (χ4v) is 3.01. The smallest absolute Gasteiger partial charge is 0.253 e. The number of benzene rings is 1. The van der Waals surface area contributed by atoms with Crippen LogP contribution >= 0.6 is 0 Å². The Labute approximate surface area is 129 Å². The molecule has 0 aliphatic carbocycles. The summed E-state index contributed by atoms with van der Waals surface area (Å²) in [5.41, 5.74) is 6.12. The summed E-state index contributed by atoms with van der Waals surface area (Å²) < 4.78 is 11.1. The maximum atomic E-state index is 12.5. The largest absolute Gasteiger partial charge is 0.366 e. The van der Waals surface area contributed by atoms with Crippen molar-refractivity contribution in [2.45, 2.75) is 19.1 Å². The Balaban J connectivity index is 1.62. The fraction of sp³-hybridized carbons (Fsp3) is 0.500. The molecule has 1 aromatic rings. The number of hydrogen-bond donors (Lipinski definition) is 1. The van der Waals surface area contributed by atoms with Crippen molar-refractivity contribution in [3.05, 3.63) is 35.4 Å². The Morgan fingerprint density at radius 3 is 2.36 bits per heavy atom. The van der Waals surface area contributed by atoms with Crippen LogP contribution in [0.5, 0.6) is 0 Å². The van der Waals surface area contributed by atoms with Crippen molar-refractivity contribution in [2.75, 3.05) is 26.3 Å². The van der Waals surface area contributed by atoms with Crippen molar-refractivity contribution in [1.29, 1.82) is 0 Å². The van der Waals surface area contributed by atoms with E-state index in [0.29, 0.717) is 43.3 Å². The second-order valence-electron chi connectivity index (χ2n) is 5.68. The summed E-state index contributed by atoms with van der Waals surface area (Å²) in [5.74, 6) is -0.234. The van der Waals surface area contributed by atoms with Crippen molar-refractivity contribution in [3.63, 3.8) is 0 Å². The molecule has 1 aromatic carbocycles. The third kappa shape index (κ3) is 3.13. The summed E-state index contributed by atoms with van der Waals surface area (Å²) >= 11 is 0. The highest BCUT2D eigenvalue weighted by Gasteiger charge is 2.32. The Morgan fingerprint density at radius 1 is 1.09 bits per heavy atom. The van der Waals surface area contributed by atoms with E-state index in [1.165, 1.54) is 0 Å². The lowest BCUT2D eigenvalue weighted by molar-refractivity contribution is -0.0956. The second kappa shape index (κ2) is 6.46. The van der Waals surface area contributed by atoms with Gasteiger partial charge in [0.05, 0.1) is 13.2 Å². The first-order valence-corrected chi connectivity index (χ1v) is 7.57. The first kappa shape index (κ1) is 15.0. The maximum Gasteiger partial charge on any atom is 0.253 e. The third-order valence-electron chi connectivity index (χ3n) is 4.25. The minimum atomic E-state index is -0.524. The molecule has 6 nitrogen and oxygen atoms in total. The Kier molecular flexibility index (Phi) is 4.40. The van der Waals surface area contributed by atoms with Gasteiger partial charge < -0.3 is 20.1 Å². The normalized spacial score (nSPS) is 20.3. The van der Waals surface area contributed by atoms with E-state index in [0.717, 1.165) is 12.8 Å². The third-order valence-corrected chi connectivity index (χ3v) is 4.25. The van der Waals surface area contributed by atoms with Crippen LogP contribution in [-0.2, 0) is 9.47 Å². The van der Waals surface area contributed by atoms with Crippen LogP contribution in [0, 0.1) is 5.92 Å². The zero-order valence-electron chi connectivity index (χ0n) is 12.4. The second-order valence-corrected chi connectivity index (χ2v) is 5.68. The summed E-state index contributed by atoms with van der Waals surface area (Å²) in [6.45, 7) is 2.66. The molecule has 6 heteroatoms. The molecule has 0 spiro atoms. The SMILES string of the molecule is NC(=O)c1cccc(C(=O)N2CCC(C3OCCO3)CC2)c1.